The van der Waals surface area contributed by atoms with Gasteiger partial charge in [-0.05, 0) is 56.8 Å². The predicted octanol–water partition coefficient (Wildman–Crippen LogP) is 6.14. The second-order valence-corrected chi connectivity index (χ2v) is 10.4. The molecule has 2 unspecified atom stereocenters. The molecule has 6 nitrogen and oxygen atoms in total. The zero-order valence-electron chi connectivity index (χ0n) is 20.6. The van der Waals surface area contributed by atoms with Crippen molar-refractivity contribution in [1.29, 1.82) is 0 Å². The Morgan fingerprint density at radius 1 is 0.968 bits per heavy atom. The Bertz CT molecular complexity index is 546. The van der Waals surface area contributed by atoms with E-state index in [1.165, 1.54) is 32.1 Å². The zero-order valence-corrected chi connectivity index (χ0v) is 20.6. The Morgan fingerprint density at radius 2 is 1.61 bits per heavy atom. The van der Waals surface area contributed by atoms with Crippen molar-refractivity contribution in [2.24, 2.45) is 17.3 Å². The van der Waals surface area contributed by atoms with E-state index < -0.39 is 11.9 Å². The molecule has 182 valence electrons. The Kier molecular flexibility index (Phi) is 12.1. The number of unbranched alkanes of at least 4 members (excludes halogenated alkanes) is 6. The quantitative estimate of drug-likeness (QED) is 0.280. The van der Waals surface area contributed by atoms with E-state index in [9.17, 15) is 14.7 Å². The molecule has 0 radical (unpaired) electrons. The van der Waals surface area contributed by atoms with E-state index in [0.717, 1.165) is 38.8 Å². The largest absolute Gasteiger partial charge is 0.481 e. The molecule has 0 aromatic carbocycles. The van der Waals surface area contributed by atoms with Crippen LogP contribution in [0.4, 0.5) is 0 Å². The summed E-state index contributed by atoms with van der Waals surface area (Å²) in [5, 5.41) is 20.5. The molecule has 1 aliphatic heterocycles. The van der Waals surface area contributed by atoms with Gasteiger partial charge < -0.3 is 10.2 Å². The normalized spacial score (nSPS) is 21.6. The highest BCUT2D eigenvalue weighted by Crippen LogP contribution is 2.51. The molecule has 0 aromatic heterocycles. The number of aliphatic carboxylic acids is 2. The molecule has 0 spiro atoms. The number of carbonyl (C=O) groups is 2. The van der Waals surface area contributed by atoms with Gasteiger partial charge in [-0.15, -0.1) is 0 Å². The van der Waals surface area contributed by atoms with Gasteiger partial charge >= 0.3 is 11.9 Å². The van der Waals surface area contributed by atoms with Crippen LogP contribution >= 0.6 is 0 Å². The summed E-state index contributed by atoms with van der Waals surface area (Å²) < 4.78 is 0. The average Bonchev–Trinajstić information content (AvgIpc) is 2.66. The van der Waals surface area contributed by atoms with Gasteiger partial charge in [-0.2, -0.15) is 5.06 Å². The van der Waals surface area contributed by atoms with Crippen LogP contribution in [-0.2, 0) is 14.4 Å². The molecule has 31 heavy (non-hydrogen) atoms. The van der Waals surface area contributed by atoms with Crippen molar-refractivity contribution in [2.45, 2.75) is 117 Å². The minimum Gasteiger partial charge on any atom is -0.481 e. The Hall–Kier alpha value is -1.14. The molecule has 2 atom stereocenters. The highest BCUT2D eigenvalue weighted by molar-refractivity contribution is 5.67. The first-order valence-electron chi connectivity index (χ1n) is 12.4. The van der Waals surface area contributed by atoms with Gasteiger partial charge in [-0.3, -0.25) is 14.4 Å². The number of piperidine rings is 1. The van der Waals surface area contributed by atoms with Crippen LogP contribution in [0.25, 0.3) is 0 Å². The van der Waals surface area contributed by atoms with Gasteiger partial charge in [0.2, 0.25) is 0 Å². The minimum absolute atomic E-state index is 0.0567. The summed E-state index contributed by atoms with van der Waals surface area (Å²) in [6, 6.07) is 0. The molecule has 6 heteroatoms. The molecular formula is C25H47NO5. The van der Waals surface area contributed by atoms with Crippen molar-refractivity contribution < 1.29 is 24.6 Å². The molecule has 0 bridgehead atoms. The second-order valence-electron chi connectivity index (χ2n) is 10.4. The summed E-state index contributed by atoms with van der Waals surface area (Å²) in [5.74, 6) is -1.23. The smallest absolute Gasteiger partial charge is 0.303 e. The summed E-state index contributed by atoms with van der Waals surface area (Å²) in [6.45, 7) is 12.7. The number of rotatable bonds is 16. The highest BCUT2D eigenvalue weighted by Gasteiger charge is 2.52. The second kappa shape index (κ2) is 13.4. The van der Waals surface area contributed by atoms with Crippen LogP contribution < -0.4 is 0 Å². The Morgan fingerprint density at radius 3 is 2.23 bits per heavy atom. The third-order valence-electron chi connectivity index (χ3n) is 7.74. The molecule has 0 amide bonds. The number of hydrogen-bond donors (Lipinski definition) is 2. The van der Waals surface area contributed by atoms with Gasteiger partial charge in [-0.1, -0.05) is 59.3 Å². The van der Waals surface area contributed by atoms with E-state index in [0.29, 0.717) is 6.42 Å². The first-order valence-corrected chi connectivity index (χ1v) is 12.4. The maximum absolute atomic E-state index is 11.6. The number of carboxylic acids is 2. The Labute approximate surface area is 189 Å². The van der Waals surface area contributed by atoms with E-state index in [2.05, 4.69) is 39.7 Å². The van der Waals surface area contributed by atoms with Crippen LogP contribution in [0.1, 0.15) is 112 Å². The lowest BCUT2D eigenvalue weighted by Gasteiger charge is -2.58. The van der Waals surface area contributed by atoms with Gasteiger partial charge in [0.1, 0.15) is 0 Å². The van der Waals surface area contributed by atoms with Crippen molar-refractivity contribution in [3.05, 3.63) is 0 Å². The lowest BCUT2D eigenvalue weighted by molar-refractivity contribution is -0.274. The number of nitrogens with zero attached hydrogens (tertiary/aromatic N) is 1. The molecular weight excluding hydrogens is 394 g/mol. The lowest BCUT2D eigenvalue weighted by Crippen LogP contribution is -2.62. The zero-order chi connectivity index (χ0) is 23.5. The minimum atomic E-state index is -0.785. The maximum Gasteiger partial charge on any atom is 0.303 e. The van der Waals surface area contributed by atoms with Crippen LogP contribution in [0, 0.1) is 17.3 Å². The van der Waals surface area contributed by atoms with E-state index in [1.807, 2.05) is 0 Å². The molecule has 1 aliphatic rings. The standard InChI is InChI=1S/C25H47NO5/c1-6-7-8-9-10-13-18-31-26-17-16-21(24(2,3)25(26,4)5)20(19-23(29)30)14-11-12-15-22(27)28/h20-21H,6-19H2,1-5H3,(H,27,28)(H,29,30). The van der Waals surface area contributed by atoms with Crippen molar-refractivity contribution in [1.82, 2.24) is 5.06 Å². The van der Waals surface area contributed by atoms with Gasteiger partial charge in [0.05, 0.1) is 6.61 Å². The first kappa shape index (κ1) is 27.9. The Balaban J connectivity index is 2.69. The third-order valence-corrected chi connectivity index (χ3v) is 7.74. The monoisotopic (exact) mass is 441 g/mol. The summed E-state index contributed by atoms with van der Waals surface area (Å²) in [4.78, 5) is 28.6. The highest BCUT2D eigenvalue weighted by atomic mass is 16.7. The number of hydrogen-bond acceptors (Lipinski definition) is 4. The molecule has 2 N–H and O–H groups in total. The van der Waals surface area contributed by atoms with Crippen LogP contribution in [0.15, 0.2) is 0 Å². The van der Waals surface area contributed by atoms with Gasteiger partial charge in [0.15, 0.2) is 0 Å². The van der Waals surface area contributed by atoms with Crippen LogP contribution in [0.2, 0.25) is 0 Å². The summed E-state index contributed by atoms with van der Waals surface area (Å²) in [6.07, 6.45) is 10.8. The van der Waals surface area contributed by atoms with Crippen molar-refractivity contribution >= 4 is 11.9 Å². The lowest BCUT2D eigenvalue weighted by atomic mass is 9.57. The predicted molar refractivity (Wildman–Crippen MR) is 124 cm³/mol. The van der Waals surface area contributed by atoms with Crippen LogP contribution in [0.3, 0.4) is 0 Å². The van der Waals surface area contributed by atoms with E-state index in [4.69, 9.17) is 9.94 Å². The number of carboxylic acid groups (broad SMARTS) is 2. The fourth-order valence-corrected chi connectivity index (χ4v) is 5.13. The van der Waals surface area contributed by atoms with Gasteiger partial charge in [0.25, 0.3) is 0 Å². The SMILES string of the molecule is CCCCCCCCON1CCC(C(CCCCC(=O)O)CC(=O)O)C(C)(C)C1(C)C. The van der Waals surface area contributed by atoms with E-state index >= 15 is 0 Å². The maximum atomic E-state index is 11.6. The molecule has 1 heterocycles. The molecule has 1 fully saturated rings. The van der Waals surface area contributed by atoms with Gasteiger partial charge in [0, 0.05) is 24.9 Å². The fraction of sp³-hybridized carbons (Fsp3) is 0.920. The fourth-order valence-electron chi connectivity index (χ4n) is 5.13. The molecule has 1 rings (SSSR count). The average molecular weight is 442 g/mol. The summed E-state index contributed by atoms with van der Waals surface area (Å²) in [7, 11) is 0. The van der Waals surface area contributed by atoms with Crippen molar-refractivity contribution in [2.75, 3.05) is 13.2 Å². The van der Waals surface area contributed by atoms with Crippen LogP contribution in [-0.4, -0.2) is 45.9 Å². The third kappa shape index (κ3) is 8.72. The first-order chi connectivity index (χ1) is 14.5. The van der Waals surface area contributed by atoms with Gasteiger partial charge in [-0.25, -0.2) is 0 Å². The molecule has 0 aliphatic carbocycles. The number of hydroxylamine groups is 2. The van der Waals surface area contributed by atoms with E-state index in [-0.39, 0.29) is 35.6 Å². The van der Waals surface area contributed by atoms with E-state index in [1.54, 1.807) is 0 Å². The summed E-state index contributed by atoms with van der Waals surface area (Å²) >= 11 is 0. The van der Waals surface area contributed by atoms with Crippen LogP contribution in [0.5, 0.6) is 0 Å². The topological polar surface area (TPSA) is 87.1 Å². The molecule has 0 saturated carbocycles. The molecule has 0 aromatic rings. The van der Waals surface area contributed by atoms with Crippen molar-refractivity contribution in [3.8, 4) is 0 Å². The summed E-state index contributed by atoms with van der Waals surface area (Å²) in [5.41, 5.74) is -0.338. The molecule has 1 saturated heterocycles. The van der Waals surface area contributed by atoms with Crippen molar-refractivity contribution in [3.63, 3.8) is 0 Å².